The Morgan fingerprint density at radius 1 is 1.56 bits per heavy atom. The minimum Gasteiger partial charge on any atom is -0.444 e. The number of nitrogens with one attached hydrogen (secondary N) is 2. The Bertz CT molecular complexity index is 344. The van der Waals surface area contributed by atoms with Gasteiger partial charge in [-0.1, -0.05) is 0 Å². The smallest absolute Gasteiger partial charge is 0.410 e. The maximum absolute atomic E-state index is 11.6. The molecule has 0 radical (unpaired) electrons. The Balaban J connectivity index is 2.20. The van der Waals surface area contributed by atoms with Gasteiger partial charge in [0.1, 0.15) is 5.60 Å². The van der Waals surface area contributed by atoms with Gasteiger partial charge < -0.3 is 20.4 Å². The number of amides is 1. The van der Waals surface area contributed by atoms with Crippen molar-refractivity contribution in [3.05, 3.63) is 11.1 Å². The third kappa shape index (κ3) is 5.00. The van der Waals surface area contributed by atoms with Crippen LogP contribution in [0.1, 0.15) is 20.8 Å². The largest absolute Gasteiger partial charge is 0.444 e. The van der Waals surface area contributed by atoms with E-state index in [1.807, 2.05) is 20.8 Å². The van der Waals surface area contributed by atoms with E-state index in [0.717, 1.165) is 6.54 Å². The van der Waals surface area contributed by atoms with Crippen LogP contribution >= 0.6 is 12.6 Å². The Labute approximate surface area is 113 Å². The fraction of sp³-hybridized carbons (Fsp3) is 0.667. The summed E-state index contributed by atoms with van der Waals surface area (Å²) in [5, 5.41) is 10.0. The second-order valence-electron chi connectivity index (χ2n) is 5.37. The maximum Gasteiger partial charge on any atom is 0.410 e. The van der Waals surface area contributed by atoms with Gasteiger partial charge in [0.05, 0.1) is 0 Å². The van der Waals surface area contributed by atoms with Crippen LogP contribution in [0, 0.1) is 11.3 Å². The molecular weight excluding hydrogens is 250 g/mol. The molecule has 1 amide bonds. The first-order chi connectivity index (χ1) is 8.31. The molecule has 1 heterocycles. The van der Waals surface area contributed by atoms with Crippen molar-refractivity contribution < 1.29 is 9.53 Å². The fourth-order valence-electron chi connectivity index (χ4n) is 1.55. The van der Waals surface area contributed by atoms with Gasteiger partial charge in [0.2, 0.25) is 0 Å². The third-order valence-corrected chi connectivity index (χ3v) is 2.67. The molecule has 1 saturated heterocycles. The second kappa shape index (κ2) is 6.13. The molecule has 6 heteroatoms. The molecule has 0 aliphatic carbocycles. The van der Waals surface area contributed by atoms with E-state index in [2.05, 4.69) is 17.9 Å². The number of nitrogens with zero attached hydrogens (tertiary/aromatic N) is 1. The first-order valence-electron chi connectivity index (χ1n) is 5.93. The van der Waals surface area contributed by atoms with Crippen LogP contribution in [0.2, 0.25) is 0 Å². The van der Waals surface area contributed by atoms with Crippen molar-refractivity contribution in [3.63, 3.8) is 0 Å². The number of allylic oxidation sites excluding steroid dienone is 1. The minimum absolute atomic E-state index is 0.247. The topological polar surface area (TPSA) is 65.4 Å². The zero-order chi connectivity index (χ0) is 13.8. The standard InChI is InChI=1S/C12H21N3O2S/c1-12(2,3)17-11(16)15-7-9(8-15)5-14-6-10(18)4-13/h4,6,9,13-14,18H,5,7-8H2,1-3H3/b10-6+,13-4?. The number of hydrogen-bond acceptors (Lipinski definition) is 5. The predicted octanol–water partition coefficient (Wildman–Crippen LogP) is 1.86. The first kappa shape index (κ1) is 14.9. The van der Waals surface area contributed by atoms with Gasteiger partial charge in [0.15, 0.2) is 0 Å². The van der Waals surface area contributed by atoms with E-state index in [-0.39, 0.29) is 6.09 Å². The summed E-state index contributed by atoms with van der Waals surface area (Å²) in [6.45, 7) is 7.78. The summed E-state index contributed by atoms with van der Waals surface area (Å²) in [4.78, 5) is 13.9. The zero-order valence-electron chi connectivity index (χ0n) is 11.1. The molecule has 0 atom stereocenters. The van der Waals surface area contributed by atoms with Crippen LogP contribution in [0.4, 0.5) is 4.79 Å². The van der Waals surface area contributed by atoms with Crippen LogP contribution in [-0.2, 0) is 4.74 Å². The highest BCUT2D eigenvalue weighted by Gasteiger charge is 2.33. The van der Waals surface area contributed by atoms with Crippen LogP contribution in [0.25, 0.3) is 0 Å². The Kier molecular flexibility index (Phi) is 5.07. The maximum atomic E-state index is 11.6. The van der Waals surface area contributed by atoms with Crippen LogP contribution in [0.15, 0.2) is 11.1 Å². The number of carbonyl (C=O) groups is 1. The molecule has 0 aromatic rings. The van der Waals surface area contributed by atoms with E-state index in [9.17, 15) is 4.79 Å². The number of likely N-dealkylation sites (tertiary alicyclic amines) is 1. The molecule has 1 aliphatic rings. The fourth-order valence-corrected chi connectivity index (χ4v) is 1.64. The molecule has 0 bridgehead atoms. The highest BCUT2D eigenvalue weighted by Crippen LogP contribution is 2.18. The number of rotatable bonds is 4. The summed E-state index contributed by atoms with van der Waals surface area (Å²) < 4.78 is 5.26. The highest BCUT2D eigenvalue weighted by molar-refractivity contribution is 7.85. The number of hydrogen-bond donors (Lipinski definition) is 3. The van der Waals surface area contributed by atoms with Crippen LogP contribution < -0.4 is 5.32 Å². The van der Waals surface area contributed by atoms with Gasteiger partial charge in [0, 0.05) is 42.9 Å². The van der Waals surface area contributed by atoms with Gasteiger partial charge >= 0.3 is 6.09 Å². The third-order valence-electron chi connectivity index (χ3n) is 2.41. The summed E-state index contributed by atoms with van der Waals surface area (Å²) in [6.07, 6.45) is 2.61. The molecular formula is C12H21N3O2S. The lowest BCUT2D eigenvalue weighted by atomic mass is 10.0. The van der Waals surface area contributed by atoms with Crippen molar-refractivity contribution in [1.82, 2.24) is 10.2 Å². The van der Waals surface area contributed by atoms with Crippen molar-refractivity contribution >= 4 is 24.9 Å². The minimum atomic E-state index is -0.436. The quantitative estimate of drug-likeness (QED) is 0.540. The molecule has 1 rings (SSSR count). The molecule has 1 aliphatic heterocycles. The van der Waals surface area contributed by atoms with Gasteiger partial charge in [-0.15, -0.1) is 12.6 Å². The molecule has 1 fully saturated rings. The van der Waals surface area contributed by atoms with Gasteiger partial charge in [0.25, 0.3) is 0 Å². The van der Waals surface area contributed by atoms with Crippen molar-refractivity contribution in [2.24, 2.45) is 5.92 Å². The van der Waals surface area contributed by atoms with Crippen molar-refractivity contribution in [1.29, 1.82) is 5.41 Å². The first-order valence-corrected chi connectivity index (χ1v) is 6.37. The lowest BCUT2D eigenvalue weighted by Crippen LogP contribution is -2.54. The zero-order valence-corrected chi connectivity index (χ0v) is 12.0. The summed E-state index contributed by atoms with van der Waals surface area (Å²) in [7, 11) is 0. The van der Waals surface area contributed by atoms with E-state index in [4.69, 9.17) is 10.1 Å². The lowest BCUT2D eigenvalue weighted by molar-refractivity contribution is -0.000362. The average molecular weight is 271 g/mol. The molecule has 5 nitrogen and oxygen atoms in total. The molecule has 2 N–H and O–H groups in total. The molecule has 0 saturated carbocycles. The van der Waals surface area contributed by atoms with Crippen molar-refractivity contribution in [2.75, 3.05) is 19.6 Å². The monoisotopic (exact) mass is 271 g/mol. The predicted molar refractivity (Wildman–Crippen MR) is 75.2 cm³/mol. The van der Waals surface area contributed by atoms with Crippen LogP contribution in [0.3, 0.4) is 0 Å². The normalized spacial score (nSPS) is 17.1. The molecule has 102 valence electrons. The summed E-state index contributed by atoms with van der Waals surface area (Å²) in [5.74, 6) is 0.431. The van der Waals surface area contributed by atoms with Crippen LogP contribution in [0.5, 0.6) is 0 Å². The number of ether oxygens (including phenoxy) is 1. The van der Waals surface area contributed by atoms with E-state index >= 15 is 0 Å². The van der Waals surface area contributed by atoms with E-state index in [0.29, 0.717) is 23.9 Å². The summed E-state index contributed by atoms with van der Waals surface area (Å²) in [6, 6.07) is 0. The van der Waals surface area contributed by atoms with E-state index < -0.39 is 5.60 Å². The number of carbonyl (C=O) groups excluding carboxylic acids is 1. The van der Waals surface area contributed by atoms with Gasteiger partial charge in [-0.2, -0.15) is 0 Å². The average Bonchev–Trinajstić information content (AvgIpc) is 2.17. The molecule has 0 aromatic carbocycles. The van der Waals surface area contributed by atoms with Crippen LogP contribution in [-0.4, -0.2) is 42.4 Å². The van der Waals surface area contributed by atoms with Crippen molar-refractivity contribution in [2.45, 2.75) is 26.4 Å². The Morgan fingerprint density at radius 2 is 2.17 bits per heavy atom. The van der Waals surface area contributed by atoms with Crippen molar-refractivity contribution in [3.8, 4) is 0 Å². The molecule has 0 aromatic heterocycles. The molecule has 18 heavy (non-hydrogen) atoms. The summed E-state index contributed by atoms with van der Waals surface area (Å²) >= 11 is 4.05. The molecule has 0 unspecified atom stereocenters. The van der Waals surface area contributed by atoms with Gasteiger partial charge in [-0.25, -0.2) is 4.79 Å². The van der Waals surface area contributed by atoms with Gasteiger partial charge in [-0.3, -0.25) is 0 Å². The molecule has 0 spiro atoms. The summed E-state index contributed by atoms with van der Waals surface area (Å²) in [5.41, 5.74) is -0.436. The van der Waals surface area contributed by atoms with E-state index in [1.165, 1.54) is 6.21 Å². The van der Waals surface area contributed by atoms with E-state index in [1.54, 1.807) is 11.1 Å². The SMILES string of the molecule is CC(C)(C)OC(=O)N1CC(CN/C=C(/S)C=N)C1. The highest BCUT2D eigenvalue weighted by atomic mass is 32.1. The Morgan fingerprint density at radius 3 is 2.67 bits per heavy atom. The van der Waals surface area contributed by atoms with Gasteiger partial charge in [-0.05, 0) is 20.8 Å². The Hall–Kier alpha value is -1.17. The second-order valence-corrected chi connectivity index (χ2v) is 5.89. The number of thiol groups is 1. The lowest BCUT2D eigenvalue weighted by Gasteiger charge is -2.39.